The molecule has 274 valence electrons. The van der Waals surface area contributed by atoms with Crippen molar-refractivity contribution in [2.75, 3.05) is 6.61 Å². The van der Waals surface area contributed by atoms with Crippen molar-refractivity contribution in [2.24, 2.45) is 39.4 Å². The number of ether oxygens (including phenoxy) is 6. The van der Waals surface area contributed by atoms with E-state index in [4.69, 9.17) is 32.8 Å². The molecule has 2 saturated heterocycles. The number of rotatable bonds is 7. The molecule has 6 aliphatic rings. The van der Waals surface area contributed by atoms with E-state index in [1.165, 1.54) is 20.8 Å². The third-order valence-electron chi connectivity index (χ3n) is 14.0. The molecular weight excluding hydrogens is 652 g/mol. The Balaban J connectivity index is 1.43. The zero-order chi connectivity index (χ0) is 36.3. The van der Waals surface area contributed by atoms with Crippen molar-refractivity contribution in [2.45, 2.75) is 129 Å². The quantitative estimate of drug-likeness (QED) is 0.248. The Morgan fingerprint density at radius 2 is 1.70 bits per heavy atom. The number of hydrogen-bond donors (Lipinski definition) is 1. The normalized spacial score (nSPS) is 47.4. The molecule has 0 radical (unpaired) electrons. The van der Waals surface area contributed by atoms with Gasteiger partial charge in [0.25, 0.3) is 0 Å². The molecule has 4 saturated carbocycles. The highest BCUT2D eigenvalue weighted by molar-refractivity contribution is 5.92. The lowest BCUT2D eigenvalue weighted by molar-refractivity contribution is -0.383. The molecule has 15 atom stereocenters. The van der Waals surface area contributed by atoms with Crippen molar-refractivity contribution >= 4 is 29.7 Å². The number of fused-ring (bicyclic) bond motifs is 1. The molecule has 2 bridgehead atoms. The zero-order valence-electron chi connectivity index (χ0n) is 29.9. The summed E-state index contributed by atoms with van der Waals surface area (Å²) < 4.78 is 42.5. The number of furan rings is 1. The number of aliphatic hydroxyl groups excluding tert-OH is 1. The van der Waals surface area contributed by atoms with Crippen molar-refractivity contribution in [1.82, 2.24) is 0 Å². The third kappa shape index (κ3) is 4.19. The second-order valence-corrected chi connectivity index (χ2v) is 16.2. The van der Waals surface area contributed by atoms with E-state index in [0.717, 1.165) is 5.56 Å². The summed E-state index contributed by atoms with van der Waals surface area (Å²) in [6.07, 6.45) is -1.98. The summed E-state index contributed by atoms with van der Waals surface area (Å²) in [6, 6.07) is 1.86. The lowest BCUT2D eigenvalue weighted by atomic mass is 9.33. The van der Waals surface area contributed by atoms with Gasteiger partial charge in [-0.2, -0.15) is 0 Å². The van der Waals surface area contributed by atoms with Gasteiger partial charge in [-0.3, -0.25) is 24.0 Å². The van der Waals surface area contributed by atoms with Crippen molar-refractivity contribution in [3.8, 4) is 0 Å². The Morgan fingerprint density at radius 1 is 1.02 bits per heavy atom. The van der Waals surface area contributed by atoms with Gasteiger partial charge in [0.15, 0.2) is 24.1 Å². The van der Waals surface area contributed by atoms with Crippen LogP contribution in [0.15, 0.2) is 23.0 Å². The van der Waals surface area contributed by atoms with Crippen molar-refractivity contribution in [3.63, 3.8) is 0 Å². The summed E-state index contributed by atoms with van der Waals surface area (Å²) in [4.78, 5) is 67.0. The van der Waals surface area contributed by atoms with Gasteiger partial charge in [-0.15, -0.1) is 0 Å². The van der Waals surface area contributed by atoms with Crippen LogP contribution >= 0.6 is 0 Å². The van der Waals surface area contributed by atoms with Crippen LogP contribution in [0.4, 0.5) is 0 Å². The molecule has 6 fully saturated rings. The second kappa shape index (κ2) is 11.4. The summed E-state index contributed by atoms with van der Waals surface area (Å²) in [5, 5.41) is 12.7. The van der Waals surface area contributed by atoms with Crippen LogP contribution < -0.4 is 0 Å². The number of ketones is 1. The molecule has 13 nitrogen and oxygen atoms in total. The van der Waals surface area contributed by atoms with E-state index in [0.29, 0.717) is 25.7 Å². The van der Waals surface area contributed by atoms with E-state index < -0.39 is 105 Å². The summed E-state index contributed by atoms with van der Waals surface area (Å²) >= 11 is 0. The summed E-state index contributed by atoms with van der Waals surface area (Å²) in [5.74, 6) is -5.37. The Bertz CT molecular complexity index is 1610. The van der Waals surface area contributed by atoms with E-state index in [1.807, 2.05) is 26.8 Å². The fraction of sp³-hybridized carbons (Fsp3) is 0.757. The first-order valence-electron chi connectivity index (χ1n) is 17.7. The van der Waals surface area contributed by atoms with E-state index in [9.17, 15) is 24.3 Å². The number of Topliss-reactive ketones (excluding diaryl/α,β-unsaturated/α-hetero) is 1. The minimum Gasteiger partial charge on any atom is -0.472 e. The molecule has 50 heavy (non-hydrogen) atoms. The van der Waals surface area contributed by atoms with Crippen molar-refractivity contribution < 1.29 is 61.9 Å². The first-order chi connectivity index (χ1) is 23.5. The van der Waals surface area contributed by atoms with Crippen LogP contribution in [0.2, 0.25) is 0 Å². The summed E-state index contributed by atoms with van der Waals surface area (Å²) in [7, 11) is 0. The van der Waals surface area contributed by atoms with Gasteiger partial charge in [0, 0.05) is 43.4 Å². The molecule has 1 N–H and O–H groups in total. The summed E-state index contributed by atoms with van der Waals surface area (Å²) in [5.41, 5.74) is -4.84. The molecule has 0 aromatic carbocycles. The molecule has 1 aromatic heterocycles. The smallest absolute Gasteiger partial charge is 0.310 e. The highest BCUT2D eigenvalue weighted by Crippen LogP contribution is 2.83. The third-order valence-corrected chi connectivity index (χ3v) is 14.0. The van der Waals surface area contributed by atoms with E-state index in [-0.39, 0.29) is 18.6 Å². The maximum atomic E-state index is 15.5. The molecular formula is C37H48O13. The molecule has 13 heteroatoms. The monoisotopic (exact) mass is 700 g/mol. The van der Waals surface area contributed by atoms with E-state index in [1.54, 1.807) is 26.4 Å². The fourth-order valence-corrected chi connectivity index (χ4v) is 12.0. The Hall–Kier alpha value is -3.29. The number of aliphatic hydroxyl groups is 1. The van der Waals surface area contributed by atoms with E-state index in [2.05, 4.69) is 0 Å². The maximum absolute atomic E-state index is 15.5. The largest absolute Gasteiger partial charge is 0.472 e. The second-order valence-electron chi connectivity index (χ2n) is 16.2. The number of esters is 4. The SMILES string of the molecule is CCC(C)C(=O)OC1OC[C@@]23[C@H]4C(=O)[C@H](OC(C)=O)[C@@]5(C)[C@H](c6ccoc6)C[C@H]6O[C@]65[C@]4(C)CC[C@H]2[C@]1(C)[C@H](OC(C)=O)[C@H](OC(C)=O)[C@@H]3O. The van der Waals surface area contributed by atoms with Crippen molar-refractivity contribution in [1.29, 1.82) is 0 Å². The zero-order valence-corrected chi connectivity index (χ0v) is 29.9. The van der Waals surface area contributed by atoms with E-state index >= 15 is 4.79 Å². The number of carbonyl (C=O) groups is 5. The van der Waals surface area contributed by atoms with Gasteiger partial charge in [0.05, 0.1) is 42.0 Å². The van der Waals surface area contributed by atoms with Crippen LogP contribution in [-0.2, 0) is 52.4 Å². The highest BCUT2D eigenvalue weighted by Gasteiger charge is 2.91. The van der Waals surface area contributed by atoms with Crippen LogP contribution in [0.25, 0.3) is 0 Å². The van der Waals surface area contributed by atoms with Gasteiger partial charge < -0.3 is 37.9 Å². The number of hydrogen-bond acceptors (Lipinski definition) is 13. The predicted molar refractivity (Wildman–Crippen MR) is 170 cm³/mol. The van der Waals surface area contributed by atoms with Crippen LogP contribution in [0, 0.1) is 39.4 Å². The fourth-order valence-electron chi connectivity index (χ4n) is 12.0. The molecule has 1 aromatic rings. The van der Waals surface area contributed by atoms with Crippen LogP contribution in [0.1, 0.15) is 92.6 Å². The van der Waals surface area contributed by atoms with Gasteiger partial charge in [0.1, 0.15) is 11.7 Å². The predicted octanol–water partition coefficient (Wildman–Crippen LogP) is 3.63. The lowest BCUT2D eigenvalue weighted by Crippen LogP contribution is -2.82. The highest BCUT2D eigenvalue weighted by atomic mass is 16.7. The molecule has 2 unspecified atom stereocenters. The lowest BCUT2D eigenvalue weighted by Gasteiger charge is -2.72. The standard InChI is InChI=1S/C37H48O13/c1-9-17(2)31(43)49-32-34(7)23-10-12-33(6)27(36(23,16-45-32)28(42)26(46-18(3)38)30(34)48-20(5)40)25(41)29(47-19(4)39)35(8)22(21-11-13-44-15-21)14-24-37(33,35)50-24/h11,13,15,17,22-24,26-30,32,42H,9-10,12,14,16H2,1-8H3/t17?,22-,23-,24+,26+,27-,28-,29-,30+,32?,33+,34+,35+,36-,37-/m0/s1. The average molecular weight is 701 g/mol. The number of carbonyl (C=O) groups excluding carboxylic acids is 5. The minimum absolute atomic E-state index is 0.239. The van der Waals surface area contributed by atoms with Gasteiger partial charge in [-0.25, -0.2) is 0 Å². The topological polar surface area (TPSA) is 177 Å². The van der Waals surface area contributed by atoms with Crippen LogP contribution in [-0.4, -0.2) is 83.8 Å². The molecule has 4 aliphatic carbocycles. The van der Waals surface area contributed by atoms with Crippen LogP contribution in [0.3, 0.4) is 0 Å². The minimum atomic E-state index is -1.57. The van der Waals surface area contributed by atoms with Gasteiger partial charge in [-0.1, -0.05) is 27.7 Å². The first kappa shape index (κ1) is 35.1. The molecule has 0 amide bonds. The molecule has 7 rings (SSSR count). The molecule has 3 heterocycles. The maximum Gasteiger partial charge on any atom is 0.310 e. The molecule has 2 aliphatic heterocycles. The Labute approximate surface area is 291 Å². The Morgan fingerprint density at radius 3 is 2.30 bits per heavy atom. The van der Waals surface area contributed by atoms with Crippen LogP contribution in [0.5, 0.6) is 0 Å². The summed E-state index contributed by atoms with van der Waals surface area (Å²) in [6.45, 7) is 12.7. The molecule has 1 spiro atoms. The van der Waals surface area contributed by atoms with Gasteiger partial charge in [-0.05, 0) is 50.2 Å². The van der Waals surface area contributed by atoms with Gasteiger partial charge in [0.2, 0.25) is 6.29 Å². The van der Waals surface area contributed by atoms with Gasteiger partial charge >= 0.3 is 23.9 Å². The number of epoxide rings is 1. The average Bonchev–Trinajstić information content (AvgIpc) is 3.41. The first-order valence-corrected chi connectivity index (χ1v) is 17.7. The van der Waals surface area contributed by atoms with Crippen molar-refractivity contribution in [3.05, 3.63) is 24.2 Å². The Kier molecular flexibility index (Phi) is 7.98.